The zero-order valence-corrected chi connectivity index (χ0v) is 15.4. The van der Waals surface area contributed by atoms with Gasteiger partial charge in [-0.3, -0.25) is 9.59 Å². The minimum absolute atomic E-state index is 0.170. The van der Waals surface area contributed by atoms with Gasteiger partial charge in [0.05, 0.1) is 18.6 Å². The molecule has 4 atom stereocenters. The Morgan fingerprint density at radius 1 is 1.22 bits per heavy atom. The molecule has 1 aromatic carbocycles. The van der Waals surface area contributed by atoms with Crippen LogP contribution in [0.15, 0.2) is 42.0 Å². The third-order valence-electron chi connectivity index (χ3n) is 5.23. The van der Waals surface area contributed by atoms with E-state index in [1.54, 1.807) is 44.2 Å². The average molecular weight is 371 g/mol. The molecule has 2 saturated heterocycles. The summed E-state index contributed by atoms with van der Waals surface area (Å²) < 4.78 is 5.12. The minimum Gasteiger partial charge on any atom is -0.448 e. The predicted molar refractivity (Wildman–Crippen MR) is 93.7 cm³/mol. The summed E-state index contributed by atoms with van der Waals surface area (Å²) in [6, 6.07) is 7.93. The zero-order valence-electron chi connectivity index (χ0n) is 15.4. The summed E-state index contributed by atoms with van der Waals surface area (Å²) in [6.45, 7) is 5.54. The molecule has 0 spiro atoms. The number of amides is 3. The average Bonchev–Trinajstić information content (AvgIpc) is 2.88. The molecule has 0 aliphatic carbocycles. The Kier molecular flexibility index (Phi) is 4.15. The summed E-state index contributed by atoms with van der Waals surface area (Å²) in [5, 5.41) is 3.86. The van der Waals surface area contributed by atoms with E-state index < -0.39 is 24.4 Å². The van der Waals surface area contributed by atoms with Crippen molar-refractivity contribution >= 4 is 17.9 Å². The maximum absolute atomic E-state index is 13.1. The SMILES string of the molecule is CCOC(=O)N1C2C=C(C)C(C3C(C)C(=O)N31)N(C(=O)c1ccccc1)O2. The minimum atomic E-state index is -0.922. The van der Waals surface area contributed by atoms with Crippen molar-refractivity contribution in [2.45, 2.75) is 39.1 Å². The molecule has 0 saturated carbocycles. The Morgan fingerprint density at radius 2 is 1.93 bits per heavy atom. The van der Waals surface area contributed by atoms with Crippen molar-refractivity contribution in [2.24, 2.45) is 5.92 Å². The Bertz CT molecular complexity index is 824. The molecule has 27 heavy (non-hydrogen) atoms. The molecule has 4 heterocycles. The highest BCUT2D eigenvalue weighted by Crippen LogP contribution is 2.43. The number of benzene rings is 1. The van der Waals surface area contributed by atoms with Crippen LogP contribution in [-0.4, -0.2) is 57.9 Å². The summed E-state index contributed by atoms with van der Waals surface area (Å²) in [5.41, 5.74) is 1.35. The first-order valence-electron chi connectivity index (χ1n) is 8.98. The third kappa shape index (κ3) is 2.51. The van der Waals surface area contributed by atoms with E-state index in [-0.39, 0.29) is 24.3 Å². The third-order valence-corrected chi connectivity index (χ3v) is 5.23. The number of hydroxylamine groups is 2. The van der Waals surface area contributed by atoms with Crippen LogP contribution < -0.4 is 0 Å². The summed E-state index contributed by atoms with van der Waals surface area (Å²) in [5.74, 6) is -0.846. The van der Waals surface area contributed by atoms with Crippen molar-refractivity contribution in [2.75, 3.05) is 6.61 Å². The van der Waals surface area contributed by atoms with Gasteiger partial charge in [-0.25, -0.2) is 19.7 Å². The Hall–Kier alpha value is -2.87. The van der Waals surface area contributed by atoms with Gasteiger partial charge in [-0.05, 0) is 37.6 Å². The number of ether oxygens (including phenoxy) is 1. The monoisotopic (exact) mass is 371 g/mol. The molecule has 0 radical (unpaired) electrons. The fourth-order valence-corrected chi connectivity index (χ4v) is 3.92. The molecule has 0 N–H and O–H groups in total. The van der Waals surface area contributed by atoms with E-state index in [0.29, 0.717) is 5.56 Å². The molecule has 2 bridgehead atoms. The lowest BCUT2D eigenvalue weighted by Gasteiger charge is -2.50. The van der Waals surface area contributed by atoms with Crippen LogP contribution in [0.3, 0.4) is 0 Å². The van der Waals surface area contributed by atoms with Crippen LogP contribution in [0.5, 0.6) is 0 Å². The van der Waals surface area contributed by atoms with Crippen molar-refractivity contribution in [1.29, 1.82) is 0 Å². The molecule has 3 amide bonds. The molecular weight excluding hydrogens is 350 g/mol. The van der Waals surface area contributed by atoms with E-state index in [1.165, 1.54) is 15.1 Å². The van der Waals surface area contributed by atoms with Gasteiger partial charge in [0.2, 0.25) is 12.1 Å². The highest BCUT2D eigenvalue weighted by atomic mass is 16.7. The normalized spacial score (nSPS) is 28.9. The smallest absolute Gasteiger partial charge is 0.431 e. The quantitative estimate of drug-likeness (QED) is 0.586. The topological polar surface area (TPSA) is 79.4 Å². The van der Waals surface area contributed by atoms with Crippen LogP contribution in [0, 0.1) is 5.92 Å². The van der Waals surface area contributed by atoms with E-state index in [2.05, 4.69) is 0 Å². The van der Waals surface area contributed by atoms with Gasteiger partial charge < -0.3 is 4.74 Å². The van der Waals surface area contributed by atoms with Crippen molar-refractivity contribution in [3.63, 3.8) is 0 Å². The summed E-state index contributed by atoms with van der Waals surface area (Å²) in [6.07, 6.45) is 0.162. The van der Waals surface area contributed by atoms with E-state index >= 15 is 0 Å². The number of hydrogen-bond donors (Lipinski definition) is 0. The van der Waals surface area contributed by atoms with Crippen LogP contribution in [0.1, 0.15) is 31.1 Å². The predicted octanol–water partition coefficient (Wildman–Crippen LogP) is 1.95. The maximum Gasteiger partial charge on any atom is 0.431 e. The molecule has 4 aliphatic heterocycles. The number of rotatable bonds is 2. The molecule has 1 aromatic rings. The Morgan fingerprint density at radius 3 is 2.59 bits per heavy atom. The van der Waals surface area contributed by atoms with Gasteiger partial charge in [-0.15, -0.1) is 0 Å². The molecular formula is C19H21N3O5. The van der Waals surface area contributed by atoms with E-state index in [1.807, 2.05) is 13.0 Å². The number of fused-ring (bicyclic) bond motifs is 1. The number of hydrogen-bond acceptors (Lipinski definition) is 5. The van der Waals surface area contributed by atoms with Gasteiger partial charge in [0.25, 0.3) is 5.91 Å². The van der Waals surface area contributed by atoms with Crippen molar-refractivity contribution in [1.82, 2.24) is 15.1 Å². The van der Waals surface area contributed by atoms with Gasteiger partial charge in [-0.2, -0.15) is 5.01 Å². The number of nitrogens with zero attached hydrogens (tertiary/aromatic N) is 3. The van der Waals surface area contributed by atoms with E-state index in [4.69, 9.17) is 9.57 Å². The molecule has 142 valence electrons. The fraction of sp³-hybridized carbons (Fsp3) is 0.421. The number of carbonyl (C=O) groups excluding carboxylic acids is 3. The Balaban J connectivity index is 1.75. The second-order valence-corrected chi connectivity index (χ2v) is 6.85. The summed E-state index contributed by atoms with van der Waals surface area (Å²) >= 11 is 0. The van der Waals surface area contributed by atoms with Crippen molar-refractivity contribution < 1.29 is 24.0 Å². The molecule has 2 fully saturated rings. The molecule has 8 nitrogen and oxygen atoms in total. The number of β-lactam (4-membered cyclic amide) rings is 1. The molecule has 0 aromatic heterocycles. The van der Waals surface area contributed by atoms with Crippen molar-refractivity contribution in [3.05, 3.63) is 47.5 Å². The zero-order chi connectivity index (χ0) is 19.3. The second kappa shape index (κ2) is 6.38. The standard InChI is InChI=1S/C19H21N3O5/c1-4-26-19(25)20-14-10-11(2)15(16-12(3)17(23)21(16)20)22(27-14)18(24)13-8-6-5-7-9-13/h5-10,12,14-16H,4H2,1-3H3. The van der Waals surface area contributed by atoms with Gasteiger partial charge in [0.1, 0.15) is 6.04 Å². The van der Waals surface area contributed by atoms with Crippen LogP contribution in [-0.2, 0) is 14.4 Å². The van der Waals surface area contributed by atoms with Gasteiger partial charge in [0, 0.05) is 5.56 Å². The lowest BCUT2D eigenvalue weighted by molar-refractivity contribution is -0.213. The first-order valence-corrected chi connectivity index (χ1v) is 8.98. The van der Waals surface area contributed by atoms with Crippen molar-refractivity contribution in [3.8, 4) is 0 Å². The highest BCUT2D eigenvalue weighted by Gasteiger charge is 2.61. The first kappa shape index (κ1) is 17.5. The first-order chi connectivity index (χ1) is 13.0. The number of hydrazine groups is 1. The second-order valence-electron chi connectivity index (χ2n) is 6.85. The van der Waals surface area contributed by atoms with Crippen LogP contribution in [0.4, 0.5) is 4.79 Å². The van der Waals surface area contributed by atoms with Crippen LogP contribution in [0.25, 0.3) is 0 Å². The van der Waals surface area contributed by atoms with E-state index in [0.717, 1.165) is 5.57 Å². The summed E-state index contributed by atoms with van der Waals surface area (Å²) in [4.78, 5) is 44.0. The molecule has 5 rings (SSSR count). The van der Waals surface area contributed by atoms with Crippen LogP contribution in [0.2, 0.25) is 0 Å². The van der Waals surface area contributed by atoms with Gasteiger partial charge >= 0.3 is 6.09 Å². The molecule has 4 unspecified atom stereocenters. The van der Waals surface area contributed by atoms with Gasteiger partial charge in [-0.1, -0.05) is 25.1 Å². The summed E-state index contributed by atoms with van der Waals surface area (Å²) in [7, 11) is 0. The lowest BCUT2D eigenvalue weighted by Crippen LogP contribution is -2.71. The highest BCUT2D eigenvalue weighted by molar-refractivity contribution is 5.95. The van der Waals surface area contributed by atoms with E-state index in [9.17, 15) is 14.4 Å². The number of carbonyl (C=O) groups is 3. The Labute approximate surface area is 156 Å². The fourth-order valence-electron chi connectivity index (χ4n) is 3.92. The van der Waals surface area contributed by atoms with Crippen LogP contribution >= 0.6 is 0 Å². The molecule has 4 aliphatic rings. The van der Waals surface area contributed by atoms with Gasteiger partial charge in [0.15, 0.2) is 0 Å². The largest absolute Gasteiger partial charge is 0.448 e. The lowest BCUT2D eigenvalue weighted by atomic mass is 9.82. The maximum atomic E-state index is 13.1. The molecule has 8 heteroatoms.